The zero-order chi connectivity index (χ0) is 15.6. The van der Waals surface area contributed by atoms with Gasteiger partial charge in [-0.15, -0.1) is 0 Å². The fourth-order valence-electron chi connectivity index (χ4n) is 2.76. The summed E-state index contributed by atoms with van der Waals surface area (Å²) in [5.41, 5.74) is 0.720. The molecule has 2 atom stereocenters. The highest BCUT2D eigenvalue weighted by Crippen LogP contribution is 2.22. The largest absolute Gasteiger partial charge is 0.389 e. The summed E-state index contributed by atoms with van der Waals surface area (Å²) >= 11 is 0. The number of likely N-dealkylation sites (N-methyl/N-ethyl adjacent to an activating group) is 1. The molecule has 118 valence electrons. The van der Waals surface area contributed by atoms with Gasteiger partial charge in [-0.2, -0.15) is 4.31 Å². The van der Waals surface area contributed by atoms with E-state index in [1.54, 1.807) is 35.5 Å². The zero-order valence-electron chi connectivity index (χ0n) is 12.9. The van der Waals surface area contributed by atoms with Crippen LogP contribution in [0.1, 0.15) is 31.9 Å². The molecule has 0 bridgehead atoms. The van der Waals surface area contributed by atoms with E-state index in [2.05, 4.69) is 4.90 Å². The van der Waals surface area contributed by atoms with E-state index < -0.39 is 16.1 Å². The summed E-state index contributed by atoms with van der Waals surface area (Å²) in [7, 11) is -1.46. The quantitative estimate of drug-likeness (QED) is 0.918. The van der Waals surface area contributed by atoms with E-state index in [0.717, 1.165) is 25.1 Å². The van der Waals surface area contributed by atoms with Gasteiger partial charge in [-0.05, 0) is 51.6 Å². The summed E-state index contributed by atoms with van der Waals surface area (Å²) in [6.07, 6.45) is 0.249. The number of hydrogen-bond donors (Lipinski definition) is 1. The lowest BCUT2D eigenvalue weighted by atomic mass is 10.1. The van der Waals surface area contributed by atoms with E-state index in [4.69, 9.17) is 0 Å². The second-order valence-corrected chi connectivity index (χ2v) is 7.72. The minimum Gasteiger partial charge on any atom is -0.389 e. The summed E-state index contributed by atoms with van der Waals surface area (Å²) < 4.78 is 27.2. The Bertz CT molecular complexity index is 569. The van der Waals surface area contributed by atoms with E-state index in [9.17, 15) is 13.5 Å². The van der Waals surface area contributed by atoms with E-state index in [0.29, 0.717) is 11.4 Å². The van der Waals surface area contributed by atoms with E-state index in [1.165, 1.54) is 0 Å². The standard InChI is InChI=1S/C15H24N2O3S/c1-12-11-16(3)9-4-10-17(12)21(19,20)15-7-5-14(6-8-15)13(2)18/h5-8,12-13,18H,4,9-11H2,1-3H3. The fourth-order valence-corrected chi connectivity index (χ4v) is 4.42. The van der Waals surface area contributed by atoms with Crippen LogP contribution in [0.25, 0.3) is 0 Å². The van der Waals surface area contributed by atoms with Crippen LogP contribution in [0.3, 0.4) is 0 Å². The normalized spacial score (nSPS) is 23.7. The Hall–Kier alpha value is -0.950. The first kappa shape index (κ1) is 16.4. The Morgan fingerprint density at radius 2 is 1.86 bits per heavy atom. The topological polar surface area (TPSA) is 60.9 Å². The molecule has 2 rings (SSSR count). The van der Waals surface area contributed by atoms with E-state index >= 15 is 0 Å². The Labute approximate surface area is 127 Å². The second kappa shape index (κ2) is 6.44. The molecule has 1 aliphatic heterocycles. The Balaban J connectivity index is 2.28. The van der Waals surface area contributed by atoms with Crippen LogP contribution in [0.4, 0.5) is 0 Å². The Morgan fingerprint density at radius 3 is 2.43 bits per heavy atom. The first-order valence-electron chi connectivity index (χ1n) is 7.31. The zero-order valence-corrected chi connectivity index (χ0v) is 13.7. The van der Waals surface area contributed by atoms with Crippen molar-refractivity contribution in [3.63, 3.8) is 0 Å². The van der Waals surface area contributed by atoms with Crippen LogP contribution >= 0.6 is 0 Å². The van der Waals surface area contributed by atoms with Crippen LogP contribution in [-0.4, -0.2) is 55.5 Å². The van der Waals surface area contributed by atoms with Crippen molar-refractivity contribution < 1.29 is 13.5 Å². The second-order valence-electron chi connectivity index (χ2n) is 5.83. The van der Waals surface area contributed by atoms with Crippen LogP contribution in [0.15, 0.2) is 29.2 Å². The third-order valence-electron chi connectivity index (χ3n) is 3.95. The molecule has 21 heavy (non-hydrogen) atoms. The number of aliphatic hydroxyl groups is 1. The van der Waals surface area contributed by atoms with Gasteiger partial charge in [0.1, 0.15) is 0 Å². The number of aliphatic hydroxyl groups excluding tert-OH is 1. The van der Waals surface area contributed by atoms with Gasteiger partial charge < -0.3 is 10.0 Å². The number of benzene rings is 1. The van der Waals surface area contributed by atoms with Crippen LogP contribution < -0.4 is 0 Å². The molecule has 1 saturated heterocycles. The van der Waals surface area contributed by atoms with Gasteiger partial charge in [0.2, 0.25) is 10.0 Å². The molecule has 0 aromatic heterocycles. The average molecular weight is 312 g/mol. The smallest absolute Gasteiger partial charge is 0.243 e. The molecule has 1 fully saturated rings. The molecule has 0 radical (unpaired) electrons. The van der Waals surface area contributed by atoms with Crippen LogP contribution in [-0.2, 0) is 10.0 Å². The van der Waals surface area contributed by atoms with Crippen LogP contribution in [0.5, 0.6) is 0 Å². The van der Waals surface area contributed by atoms with Gasteiger partial charge in [-0.3, -0.25) is 0 Å². The third kappa shape index (κ3) is 3.63. The molecule has 1 heterocycles. The van der Waals surface area contributed by atoms with Gasteiger partial charge in [0.05, 0.1) is 11.0 Å². The fraction of sp³-hybridized carbons (Fsp3) is 0.600. The van der Waals surface area contributed by atoms with Crippen LogP contribution in [0.2, 0.25) is 0 Å². The molecule has 0 spiro atoms. The summed E-state index contributed by atoms with van der Waals surface area (Å²) in [6.45, 7) is 5.81. The lowest BCUT2D eigenvalue weighted by Gasteiger charge is -2.27. The maximum Gasteiger partial charge on any atom is 0.243 e. The molecule has 2 unspecified atom stereocenters. The van der Waals surface area contributed by atoms with Crippen molar-refractivity contribution in [3.8, 4) is 0 Å². The number of hydrogen-bond acceptors (Lipinski definition) is 4. The molecule has 6 heteroatoms. The van der Waals surface area contributed by atoms with Crippen molar-refractivity contribution in [2.45, 2.75) is 37.3 Å². The van der Waals surface area contributed by atoms with Gasteiger partial charge in [-0.25, -0.2) is 8.42 Å². The van der Waals surface area contributed by atoms with Gasteiger partial charge in [0.15, 0.2) is 0 Å². The maximum absolute atomic E-state index is 12.8. The minimum absolute atomic E-state index is 0.0426. The van der Waals surface area contributed by atoms with Crippen molar-refractivity contribution in [1.29, 1.82) is 0 Å². The lowest BCUT2D eigenvalue weighted by molar-refractivity contribution is 0.199. The monoisotopic (exact) mass is 312 g/mol. The molecule has 1 aromatic rings. The van der Waals surface area contributed by atoms with Gasteiger partial charge >= 0.3 is 0 Å². The summed E-state index contributed by atoms with van der Waals surface area (Å²) in [5.74, 6) is 0. The maximum atomic E-state index is 12.8. The molecule has 1 aliphatic rings. The predicted molar refractivity (Wildman–Crippen MR) is 82.5 cm³/mol. The molecular weight excluding hydrogens is 288 g/mol. The van der Waals surface area contributed by atoms with Gasteiger partial charge in [0.25, 0.3) is 0 Å². The van der Waals surface area contributed by atoms with Crippen molar-refractivity contribution >= 4 is 10.0 Å². The first-order valence-corrected chi connectivity index (χ1v) is 8.75. The van der Waals surface area contributed by atoms with Crippen molar-refractivity contribution in [1.82, 2.24) is 9.21 Å². The SMILES string of the molecule is CC(O)c1ccc(S(=O)(=O)N2CCCN(C)CC2C)cc1. The number of rotatable bonds is 3. The Morgan fingerprint density at radius 1 is 1.24 bits per heavy atom. The van der Waals surface area contributed by atoms with Crippen molar-refractivity contribution in [3.05, 3.63) is 29.8 Å². The number of sulfonamides is 1. The average Bonchev–Trinajstić information content (AvgIpc) is 2.59. The molecule has 0 amide bonds. The highest BCUT2D eigenvalue weighted by molar-refractivity contribution is 7.89. The van der Waals surface area contributed by atoms with Crippen molar-refractivity contribution in [2.75, 3.05) is 26.7 Å². The highest BCUT2D eigenvalue weighted by atomic mass is 32.2. The minimum atomic E-state index is -3.48. The molecular formula is C15H24N2O3S. The van der Waals surface area contributed by atoms with E-state index in [-0.39, 0.29) is 6.04 Å². The summed E-state index contributed by atoms with van der Waals surface area (Å²) in [6, 6.07) is 6.47. The summed E-state index contributed by atoms with van der Waals surface area (Å²) in [5, 5.41) is 9.51. The third-order valence-corrected chi connectivity index (χ3v) is 5.98. The van der Waals surface area contributed by atoms with Gasteiger partial charge in [-0.1, -0.05) is 12.1 Å². The molecule has 0 aliphatic carbocycles. The van der Waals surface area contributed by atoms with Crippen molar-refractivity contribution in [2.24, 2.45) is 0 Å². The van der Waals surface area contributed by atoms with Gasteiger partial charge in [0, 0.05) is 19.1 Å². The summed E-state index contributed by atoms with van der Waals surface area (Å²) in [4.78, 5) is 2.46. The first-order chi connectivity index (χ1) is 9.82. The Kier molecular flexibility index (Phi) is 5.03. The van der Waals surface area contributed by atoms with Crippen LogP contribution in [0, 0.1) is 0 Å². The predicted octanol–water partition coefficient (Wildman–Crippen LogP) is 1.45. The highest BCUT2D eigenvalue weighted by Gasteiger charge is 2.31. The molecule has 5 nitrogen and oxygen atoms in total. The molecule has 1 N–H and O–H groups in total. The van der Waals surface area contributed by atoms with E-state index in [1.807, 2.05) is 14.0 Å². The molecule has 1 aromatic carbocycles. The number of nitrogens with zero attached hydrogens (tertiary/aromatic N) is 2. The lowest BCUT2D eigenvalue weighted by Crippen LogP contribution is -2.41. The molecule has 0 saturated carbocycles.